The zero-order valence-corrected chi connectivity index (χ0v) is 13.9. The SMILES string of the molecule is CCN(CC)C(=O)CNCc1cc(Br)c(Br)s1. The Bertz CT molecular complexity index is 358. The molecule has 0 radical (unpaired) electrons. The van der Waals surface area contributed by atoms with Crippen LogP contribution >= 0.6 is 43.2 Å². The van der Waals surface area contributed by atoms with Crippen molar-refractivity contribution < 1.29 is 4.79 Å². The van der Waals surface area contributed by atoms with Gasteiger partial charge in [-0.05, 0) is 51.8 Å². The minimum atomic E-state index is 0.157. The molecule has 0 aliphatic heterocycles. The number of hydrogen-bond acceptors (Lipinski definition) is 3. The summed E-state index contributed by atoms with van der Waals surface area (Å²) in [6, 6.07) is 2.06. The molecule has 1 aromatic heterocycles. The van der Waals surface area contributed by atoms with E-state index in [1.165, 1.54) is 4.88 Å². The highest BCUT2D eigenvalue weighted by Crippen LogP contribution is 2.32. The van der Waals surface area contributed by atoms with Gasteiger partial charge >= 0.3 is 0 Å². The van der Waals surface area contributed by atoms with E-state index in [0.717, 1.165) is 27.9 Å². The molecule has 0 aromatic carbocycles. The number of hydrogen-bond donors (Lipinski definition) is 1. The van der Waals surface area contributed by atoms with E-state index in [2.05, 4.69) is 43.2 Å². The fourth-order valence-electron chi connectivity index (χ4n) is 1.46. The number of thiophene rings is 1. The lowest BCUT2D eigenvalue weighted by atomic mass is 10.4. The summed E-state index contributed by atoms with van der Waals surface area (Å²) >= 11 is 8.56. The van der Waals surface area contributed by atoms with Gasteiger partial charge in [0, 0.05) is 29.0 Å². The van der Waals surface area contributed by atoms with E-state index >= 15 is 0 Å². The predicted molar refractivity (Wildman–Crippen MR) is 79.4 cm³/mol. The topological polar surface area (TPSA) is 32.3 Å². The summed E-state index contributed by atoms with van der Waals surface area (Å²) in [5.74, 6) is 0.157. The molecule has 0 saturated heterocycles. The Balaban J connectivity index is 2.35. The molecule has 0 fully saturated rings. The van der Waals surface area contributed by atoms with Crippen molar-refractivity contribution >= 4 is 49.1 Å². The van der Waals surface area contributed by atoms with Crippen molar-refractivity contribution in [3.8, 4) is 0 Å². The second kappa shape index (κ2) is 7.51. The predicted octanol–water partition coefficient (Wildman–Crippen LogP) is 3.23. The van der Waals surface area contributed by atoms with E-state index in [1.54, 1.807) is 11.3 Å². The van der Waals surface area contributed by atoms with Gasteiger partial charge in [0.05, 0.1) is 10.3 Å². The molecule has 0 atom stereocenters. The fourth-order valence-corrected chi connectivity index (χ4v) is 3.61. The summed E-state index contributed by atoms with van der Waals surface area (Å²) in [6.07, 6.45) is 0. The average molecular weight is 384 g/mol. The van der Waals surface area contributed by atoms with E-state index in [0.29, 0.717) is 6.54 Å². The van der Waals surface area contributed by atoms with Crippen molar-refractivity contribution in [1.82, 2.24) is 10.2 Å². The Morgan fingerprint density at radius 3 is 2.53 bits per heavy atom. The summed E-state index contributed by atoms with van der Waals surface area (Å²) in [6.45, 7) is 6.65. The number of halogens is 2. The Morgan fingerprint density at radius 1 is 1.41 bits per heavy atom. The molecule has 1 heterocycles. The lowest BCUT2D eigenvalue weighted by Gasteiger charge is -2.18. The van der Waals surface area contributed by atoms with Gasteiger partial charge in [0.2, 0.25) is 5.91 Å². The third kappa shape index (κ3) is 4.69. The highest BCUT2D eigenvalue weighted by atomic mass is 79.9. The largest absolute Gasteiger partial charge is 0.342 e. The van der Waals surface area contributed by atoms with Crippen molar-refractivity contribution in [2.45, 2.75) is 20.4 Å². The van der Waals surface area contributed by atoms with Gasteiger partial charge in [-0.25, -0.2) is 0 Å². The molecule has 6 heteroatoms. The number of rotatable bonds is 6. The standard InChI is InChI=1S/C11H16Br2N2OS/c1-3-15(4-2)10(16)7-14-6-8-5-9(12)11(13)17-8/h5,14H,3-4,6-7H2,1-2H3. The van der Waals surface area contributed by atoms with Crippen molar-refractivity contribution in [1.29, 1.82) is 0 Å². The number of amides is 1. The monoisotopic (exact) mass is 382 g/mol. The third-order valence-electron chi connectivity index (χ3n) is 2.39. The zero-order chi connectivity index (χ0) is 12.8. The Hall–Kier alpha value is 0.0900. The van der Waals surface area contributed by atoms with Gasteiger partial charge in [-0.1, -0.05) is 0 Å². The number of nitrogens with zero attached hydrogens (tertiary/aromatic N) is 1. The first-order chi connectivity index (χ1) is 8.08. The second-order valence-corrected chi connectivity index (χ2v) is 6.81. The maximum atomic E-state index is 11.7. The van der Waals surface area contributed by atoms with Crippen LogP contribution in [-0.4, -0.2) is 30.4 Å². The molecule has 96 valence electrons. The van der Waals surface area contributed by atoms with Gasteiger partial charge in [0.15, 0.2) is 0 Å². The van der Waals surface area contributed by atoms with Crippen molar-refractivity contribution in [3.63, 3.8) is 0 Å². The fraction of sp³-hybridized carbons (Fsp3) is 0.545. The molecule has 1 aromatic rings. The van der Waals surface area contributed by atoms with Crippen LogP contribution in [0.25, 0.3) is 0 Å². The van der Waals surface area contributed by atoms with E-state index in [9.17, 15) is 4.79 Å². The van der Waals surface area contributed by atoms with Crippen LogP contribution in [0.3, 0.4) is 0 Å². The van der Waals surface area contributed by atoms with Crippen LogP contribution < -0.4 is 5.32 Å². The van der Waals surface area contributed by atoms with Crippen molar-refractivity contribution in [3.05, 3.63) is 19.2 Å². The summed E-state index contributed by atoms with van der Waals surface area (Å²) in [4.78, 5) is 14.7. The quantitative estimate of drug-likeness (QED) is 0.817. The first kappa shape index (κ1) is 15.1. The first-order valence-corrected chi connectivity index (χ1v) is 7.90. The molecule has 0 bridgehead atoms. The van der Waals surface area contributed by atoms with Crippen molar-refractivity contribution in [2.75, 3.05) is 19.6 Å². The van der Waals surface area contributed by atoms with E-state index < -0.39 is 0 Å². The highest BCUT2D eigenvalue weighted by Gasteiger charge is 2.09. The summed E-state index contributed by atoms with van der Waals surface area (Å²) in [7, 11) is 0. The third-order valence-corrected chi connectivity index (χ3v) is 5.64. The van der Waals surface area contributed by atoms with Gasteiger partial charge in [0.25, 0.3) is 0 Å². The molecule has 0 aliphatic rings. The average Bonchev–Trinajstić information content (AvgIpc) is 2.60. The molecule has 3 nitrogen and oxygen atoms in total. The summed E-state index contributed by atoms with van der Waals surface area (Å²) in [5.41, 5.74) is 0. The lowest BCUT2D eigenvalue weighted by Crippen LogP contribution is -2.37. The number of likely N-dealkylation sites (N-methyl/N-ethyl adjacent to an activating group) is 1. The normalized spacial score (nSPS) is 10.6. The first-order valence-electron chi connectivity index (χ1n) is 5.50. The van der Waals surface area contributed by atoms with Gasteiger partial charge in [-0.2, -0.15) is 0 Å². The molecular weight excluding hydrogens is 368 g/mol. The molecule has 0 aliphatic carbocycles. The number of nitrogens with one attached hydrogen (secondary N) is 1. The van der Waals surface area contributed by atoms with Crippen LogP contribution in [-0.2, 0) is 11.3 Å². The minimum Gasteiger partial charge on any atom is -0.342 e. The van der Waals surface area contributed by atoms with E-state index in [-0.39, 0.29) is 5.91 Å². The second-order valence-electron chi connectivity index (χ2n) is 3.50. The Kier molecular flexibility index (Phi) is 6.69. The van der Waals surface area contributed by atoms with Crippen LogP contribution in [0, 0.1) is 0 Å². The highest BCUT2D eigenvalue weighted by molar-refractivity contribution is 9.13. The molecule has 1 amide bonds. The van der Waals surface area contributed by atoms with Gasteiger partial charge in [0.1, 0.15) is 0 Å². The molecule has 0 saturated carbocycles. The van der Waals surface area contributed by atoms with Crippen LogP contribution in [0.5, 0.6) is 0 Å². The van der Waals surface area contributed by atoms with Crippen LogP contribution in [0.15, 0.2) is 14.3 Å². The molecule has 0 unspecified atom stereocenters. The smallest absolute Gasteiger partial charge is 0.236 e. The van der Waals surface area contributed by atoms with Gasteiger partial charge in [-0.3, -0.25) is 4.79 Å². The Labute approximate surface area is 123 Å². The van der Waals surface area contributed by atoms with Crippen molar-refractivity contribution in [2.24, 2.45) is 0 Å². The van der Waals surface area contributed by atoms with Gasteiger partial charge in [-0.15, -0.1) is 11.3 Å². The Morgan fingerprint density at radius 2 is 2.06 bits per heavy atom. The summed E-state index contributed by atoms with van der Waals surface area (Å²) < 4.78 is 2.15. The molecule has 1 rings (SSSR count). The van der Waals surface area contributed by atoms with Crippen LogP contribution in [0.2, 0.25) is 0 Å². The maximum absolute atomic E-state index is 11.7. The molecular formula is C11H16Br2N2OS. The minimum absolute atomic E-state index is 0.157. The number of carbonyl (C=O) groups is 1. The number of carbonyl (C=O) groups excluding carboxylic acids is 1. The molecule has 1 N–H and O–H groups in total. The lowest BCUT2D eigenvalue weighted by molar-refractivity contribution is -0.129. The van der Waals surface area contributed by atoms with E-state index in [1.807, 2.05) is 18.7 Å². The summed E-state index contributed by atoms with van der Waals surface area (Å²) in [5, 5.41) is 3.17. The molecule has 17 heavy (non-hydrogen) atoms. The van der Waals surface area contributed by atoms with Crippen LogP contribution in [0.1, 0.15) is 18.7 Å². The van der Waals surface area contributed by atoms with Crippen LogP contribution in [0.4, 0.5) is 0 Å². The zero-order valence-electron chi connectivity index (χ0n) is 9.93. The molecule has 0 spiro atoms. The van der Waals surface area contributed by atoms with E-state index in [4.69, 9.17) is 0 Å². The van der Waals surface area contributed by atoms with Gasteiger partial charge < -0.3 is 10.2 Å². The maximum Gasteiger partial charge on any atom is 0.236 e.